The van der Waals surface area contributed by atoms with Gasteiger partial charge in [-0.1, -0.05) is 24.3 Å². The van der Waals surface area contributed by atoms with Gasteiger partial charge in [-0.25, -0.2) is 9.97 Å². The second-order valence-electron chi connectivity index (χ2n) is 7.05. The zero-order valence-electron chi connectivity index (χ0n) is 17.4. The first-order valence-corrected chi connectivity index (χ1v) is 9.94. The number of methoxy groups -OCH3 is 1. The second kappa shape index (κ2) is 10.4. The molecule has 0 saturated heterocycles. The lowest BCUT2D eigenvalue weighted by Crippen LogP contribution is -2.22. The number of nitrogens with zero attached hydrogens (tertiary/aromatic N) is 2. The molecule has 170 valence electrons. The van der Waals surface area contributed by atoms with Crippen LogP contribution in [0.5, 0.6) is 0 Å². The molecule has 1 atom stereocenters. The predicted octanol–water partition coefficient (Wildman–Crippen LogP) is 4.30. The smallest absolute Gasteiger partial charge is 0.431 e. The number of benzene rings is 1. The average molecular weight is 448 g/mol. The summed E-state index contributed by atoms with van der Waals surface area (Å²) in [5.74, 6) is -2.71. The highest BCUT2D eigenvalue weighted by Crippen LogP contribution is 2.35. The minimum absolute atomic E-state index is 0.00686. The number of ether oxygens (including phenoxy) is 1. The fourth-order valence-electron chi connectivity index (χ4n) is 3.06. The molecule has 0 aliphatic rings. The summed E-state index contributed by atoms with van der Waals surface area (Å²) in [6, 6.07) is 11.3. The molecule has 3 aromatic rings. The zero-order valence-corrected chi connectivity index (χ0v) is 17.4. The van der Waals surface area contributed by atoms with Gasteiger partial charge in [-0.15, -0.1) is 0 Å². The van der Waals surface area contributed by atoms with Gasteiger partial charge in [0.05, 0.1) is 6.10 Å². The largest absolute Gasteiger partial charge is 0.452 e. The molecule has 0 fully saturated rings. The van der Waals surface area contributed by atoms with Crippen LogP contribution in [-0.2, 0) is 17.3 Å². The van der Waals surface area contributed by atoms with Crippen molar-refractivity contribution < 1.29 is 27.1 Å². The van der Waals surface area contributed by atoms with Crippen LogP contribution in [0.3, 0.4) is 0 Å². The van der Waals surface area contributed by atoms with Gasteiger partial charge >= 0.3 is 6.18 Å². The molecule has 1 aromatic carbocycles. The number of nitrogens with two attached hydrogens (primary N) is 1. The number of hydrogen-bond acceptors (Lipinski definition) is 6. The molecule has 10 heteroatoms. The van der Waals surface area contributed by atoms with Crippen molar-refractivity contribution in [2.24, 2.45) is 5.73 Å². The summed E-state index contributed by atoms with van der Waals surface area (Å²) < 4.78 is 50.3. The number of halogens is 3. The highest BCUT2D eigenvalue weighted by Gasteiger charge is 2.42. The van der Waals surface area contributed by atoms with Gasteiger partial charge < -0.3 is 20.2 Å². The first kappa shape index (κ1) is 23.4. The van der Waals surface area contributed by atoms with Gasteiger partial charge in [0, 0.05) is 25.4 Å². The monoisotopic (exact) mass is 448 g/mol. The number of rotatable bonds is 9. The maximum absolute atomic E-state index is 13.4. The average Bonchev–Trinajstić information content (AvgIpc) is 3.25. The first-order chi connectivity index (χ1) is 15.3. The van der Waals surface area contributed by atoms with Crippen molar-refractivity contribution in [1.29, 1.82) is 0 Å². The number of anilines is 1. The number of carbonyl (C=O) groups excluding carboxylic acids is 1. The van der Waals surface area contributed by atoms with Crippen molar-refractivity contribution in [3.8, 4) is 11.5 Å². The van der Waals surface area contributed by atoms with Gasteiger partial charge in [0.1, 0.15) is 5.82 Å². The quantitative estimate of drug-likeness (QED) is 0.506. The Bertz CT molecular complexity index is 1020. The number of aromatic nitrogens is 2. The van der Waals surface area contributed by atoms with Crippen LogP contribution in [0.25, 0.3) is 11.5 Å². The van der Waals surface area contributed by atoms with Crippen molar-refractivity contribution in [3.63, 3.8) is 0 Å². The van der Waals surface area contributed by atoms with Gasteiger partial charge in [0.15, 0.2) is 5.69 Å². The predicted molar refractivity (Wildman–Crippen MR) is 112 cm³/mol. The summed E-state index contributed by atoms with van der Waals surface area (Å²) in [7, 11) is 1.61. The molecule has 32 heavy (non-hydrogen) atoms. The zero-order chi connectivity index (χ0) is 23.1. The van der Waals surface area contributed by atoms with E-state index in [1.807, 2.05) is 0 Å². The van der Waals surface area contributed by atoms with Gasteiger partial charge in [-0.3, -0.25) is 4.79 Å². The third kappa shape index (κ3) is 5.92. The Morgan fingerprint density at radius 1 is 1.22 bits per heavy atom. The van der Waals surface area contributed by atoms with E-state index in [9.17, 15) is 18.0 Å². The van der Waals surface area contributed by atoms with Crippen LogP contribution in [0.15, 0.2) is 53.1 Å². The maximum Gasteiger partial charge on any atom is 0.452 e. The molecule has 0 unspecified atom stereocenters. The Hall–Kier alpha value is -3.24. The molecule has 0 radical (unpaired) electrons. The van der Waals surface area contributed by atoms with E-state index in [4.69, 9.17) is 14.9 Å². The summed E-state index contributed by atoms with van der Waals surface area (Å²) in [5, 5.41) is 2.35. The molecular formula is C22H23F3N4O3. The van der Waals surface area contributed by atoms with Gasteiger partial charge in [-0.05, 0) is 43.0 Å². The summed E-state index contributed by atoms with van der Waals surface area (Å²) in [5.41, 5.74) is 5.98. The fourth-order valence-corrected chi connectivity index (χ4v) is 3.06. The molecule has 0 spiro atoms. The lowest BCUT2D eigenvalue weighted by Gasteiger charge is -2.12. The minimum Gasteiger partial charge on any atom is -0.431 e. The van der Waals surface area contributed by atoms with Crippen LogP contribution in [0.1, 0.15) is 34.7 Å². The fraction of sp³-hybridized carbons (Fsp3) is 0.318. The van der Waals surface area contributed by atoms with E-state index in [0.29, 0.717) is 12.1 Å². The number of amides is 1. The van der Waals surface area contributed by atoms with Crippen LogP contribution in [0.4, 0.5) is 19.0 Å². The minimum atomic E-state index is -4.88. The summed E-state index contributed by atoms with van der Waals surface area (Å²) in [6.45, 7) is 0.438. The number of alkyl halides is 3. The SMILES string of the molecule is CO[C@H](CN)CCCc1ccc(NC(=O)c2nc(-c3ccccc3)oc2C(F)(F)F)nc1. The van der Waals surface area contributed by atoms with Gasteiger partial charge in [-0.2, -0.15) is 13.2 Å². The van der Waals surface area contributed by atoms with E-state index in [-0.39, 0.29) is 17.8 Å². The molecule has 1 amide bonds. The van der Waals surface area contributed by atoms with E-state index >= 15 is 0 Å². The molecular weight excluding hydrogens is 425 g/mol. The Kier molecular flexibility index (Phi) is 7.60. The number of hydrogen-bond donors (Lipinski definition) is 2. The lowest BCUT2D eigenvalue weighted by atomic mass is 10.1. The normalized spacial score (nSPS) is 12.5. The lowest BCUT2D eigenvalue weighted by molar-refractivity contribution is -0.153. The van der Waals surface area contributed by atoms with E-state index in [1.54, 1.807) is 37.6 Å². The maximum atomic E-state index is 13.4. The highest BCUT2D eigenvalue weighted by molar-refractivity contribution is 6.03. The van der Waals surface area contributed by atoms with Gasteiger partial charge in [0.25, 0.3) is 5.91 Å². The standard InChI is InChI=1S/C22H23F3N4O3/c1-31-16(12-26)9-5-6-14-10-11-17(27-13-14)28-20(30)18-19(22(23,24)25)32-21(29-18)15-7-3-2-4-8-15/h2-4,7-8,10-11,13,16H,5-6,9,12,26H2,1H3,(H,27,28,30)/t16-/m0/s1. The van der Waals surface area contributed by atoms with Crippen LogP contribution in [0, 0.1) is 0 Å². The van der Waals surface area contributed by atoms with Crippen molar-refractivity contribution >= 4 is 11.7 Å². The van der Waals surface area contributed by atoms with Crippen LogP contribution >= 0.6 is 0 Å². The van der Waals surface area contributed by atoms with Crippen LogP contribution < -0.4 is 11.1 Å². The topological polar surface area (TPSA) is 103 Å². The Labute approximate surface area is 182 Å². The Morgan fingerprint density at radius 2 is 1.97 bits per heavy atom. The molecule has 0 saturated carbocycles. The number of nitrogens with one attached hydrogen (secondary N) is 1. The molecule has 3 N–H and O–H groups in total. The third-order valence-corrected chi connectivity index (χ3v) is 4.77. The number of carbonyl (C=O) groups is 1. The molecule has 0 aliphatic heterocycles. The summed E-state index contributed by atoms with van der Waals surface area (Å²) >= 11 is 0. The second-order valence-corrected chi connectivity index (χ2v) is 7.05. The van der Waals surface area contributed by atoms with Crippen molar-refractivity contribution in [1.82, 2.24) is 9.97 Å². The molecule has 0 aliphatic carbocycles. The Balaban J connectivity index is 1.71. The van der Waals surface area contributed by atoms with E-state index in [2.05, 4.69) is 15.3 Å². The molecule has 0 bridgehead atoms. The van der Waals surface area contributed by atoms with Crippen LogP contribution in [-0.4, -0.2) is 35.6 Å². The highest BCUT2D eigenvalue weighted by atomic mass is 19.4. The van der Waals surface area contributed by atoms with Crippen molar-refractivity contribution in [3.05, 3.63) is 65.7 Å². The molecule has 3 rings (SSSR count). The first-order valence-electron chi connectivity index (χ1n) is 9.94. The summed E-state index contributed by atoms with van der Waals surface area (Å²) in [6.07, 6.45) is -0.979. The molecule has 2 heterocycles. The number of oxazole rings is 1. The van der Waals surface area contributed by atoms with Crippen molar-refractivity contribution in [2.45, 2.75) is 31.5 Å². The molecule has 2 aromatic heterocycles. The third-order valence-electron chi connectivity index (χ3n) is 4.77. The van der Waals surface area contributed by atoms with E-state index < -0.39 is 23.5 Å². The summed E-state index contributed by atoms with van der Waals surface area (Å²) in [4.78, 5) is 20.4. The Morgan fingerprint density at radius 3 is 2.56 bits per heavy atom. The van der Waals surface area contributed by atoms with E-state index in [1.165, 1.54) is 18.2 Å². The number of aryl methyl sites for hydroxylation is 1. The van der Waals surface area contributed by atoms with Crippen LogP contribution in [0.2, 0.25) is 0 Å². The van der Waals surface area contributed by atoms with E-state index in [0.717, 1.165) is 24.8 Å². The van der Waals surface area contributed by atoms with Crippen molar-refractivity contribution in [2.75, 3.05) is 19.0 Å². The van der Waals surface area contributed by atoms with Gasteiger partial charge in [0.2, 0.25) is 11.7 Å². The molecule has 7 nitrogen and oxygen atoms in total. The number of pyridine rings is 1.